The number of aromatic hydroxyl groups is 1. The normalized spacial score (nSPS) is 22.4. The van der Waals surface area contributed by atoms with Crippen LogP contribution in [0.5, 0.6) is 5.75 Å². The van der Waals surface area contributed by atoms with Gasteiger partial charge in [0.25, 0.3) is 0 Å². The van der Waals surface area contributed by atoms with E-state index in [1.165, 1.54) is 31.7 Å². The average Bonchev–Trinajstić information content (AvgIpc) is 2.20. The molecule has 0 aliphatic carbocycles. The van der Waals surface area contributed by atoms with E-state index < -0.39 is 0 Å². The topological polar surface area (TPSA) is 49.2 Å². The van der Waals surface area contributed by atoms with Crippen LogP contribution in [-0.2, 0) is 0 Å². The van der Waals surface area contributed by atoms with Gasteiger partial charge in [0.1, 0.15) is 0 Å². The van der Waals surface area contributed by atoms with E-state index in [4.69, 9.17) is 5.11 Å². The van der Waals surface area contributed by atoms with E-state index >= 15 is 0 Å². The zero-order valence-electron chi connectivity index (χ0n) is 8.35. The number of piperidine rings is 1. The van der Waals surface area contributed by atoms with Gasteiger partial charge in [0.15, 0.2) is 5.75 Å². The minimum absolute atomic E-state index is 0.124. The lowest BCUT2D eigenvalue weighted by Crippen LogP contribution is -2.38. The van der Waals surface area contributed by atoms with Crippen LogP contribution < -0.4 is 4.90 Å². The Hall–Kier alpha value is -1.32. The number of anilines is 1. The van der Waals surface area contributed by atoms with Gasteiger partial charge in [0, 0.05) is 12.6 Å². The molecule has 1 fully saturated rings. The van der Waals surface area contributed by atoms with Crippen LogP contribution in [0.1, 0.15) is 26.2 Å². The van der Waals surface area contributed by atoms with Crippen LogP contribution in [0.15, 0.2) is 12.4 Å². The van der Waals surface area contributed by atoms with Gasteiger partial charge in [-0.2, -0.15) is 0 Å². The summed E-state index contributed by atoms with van der Waals surface area (Å²) in [4.78, 5) is 10.4. The number of hydrogen-bond donors (Lipinski definition) is 1. The van der Waals surface area contributed by atoms with Gasteiger partial charge in [-0.3, -0.25) is 0 Å². The lowest BCUT2D eigenvalue weighted by molar-refractivity contribution is 0.461. The highest BCUT2D eigenvalue weighted by Crippen LogP contribution is 2.21. The minimum atomic E-state index is 0.124. The fraction of sp³-hybridized carbons (Fsp3) is 0.600. The van der Waals surface area contributed by atoms with Crippen LogP contribution in [0.4, 0.5) is 5.95 Å². The van der Waals surface area contributed by atoms with Gasteiger partial charge in [-0.15, -0.1) is 0 Å². The van der Waals surface area contributed by atoms with Gasteiger partial charge in [0.05, 0.1) is 12.4 Å². The molecular formula is C10H15N3O. The van der Waals surface area contributed by atoms with Crippen molar-refractivity contribution in [3.8, 4) is 5.75 Å². The molecule has 1 aliphatic heterocycles. The van der Waals surface area contributed by atoms with E-state index in [9.17, 15) is 0 Å². The predicted molar refractivity (Wildman–Crippen MR) is 54.4 cm³/mol. The summed E-state index contributed by atoms with van der Waals surface area (Å²) >= 11 is 0. The SMILES string of the molecule is C[C@H]1CCCCN1c1ncc(O)cn1. The third-order valence-electron chi connectivity index (χ3n) is 2.68. The van der Waals surface area contributed by atoms with Crippen LogP contribution in [0.2, 0.25) is 0 Å². The Labute approximate surface area is 83.6 Å². The van der Waals surface area contributed by atoms with Crippen LogP contribution in [0, 0.1) is 0 Å². The lowest BCUT2D eigenvalue weighted by Gasteiger charge is -2.33. The molecule has 14 heavy (non-hydrogen) atoms. The summed E-state index contributed by atoms with van der Waals surface area (Å²) in [6.45, 7) is 3.21. The molecule has 1 aromatic heterocycles. The minimum Gasteiger partial charge on any atom is -0.505 e. The van der Waals surface area contributed by atoms with Crippen molar-refractivity contribution in [1.29, 1.82) is 0 Å². The summed E-state index contributed by atoms with van der Waals surface area (Å²) in [5, 5.41) is 9.08. The number of hydrogen-bond acceptors (Lipinski definition) is 4. The van der Waals surface area contributed by atoms with Gasteiger partial charge in [-0.1, -0.05) is 0 Å². The molecule has 76 valence electrons. The molecule has 1 aromatic rings. The van der Waals surface area contributed by atoms with Crippen LogP contribution >= 0.6 is 0 Å². The van der Waals surface area contributed by atoms with Crippen LogP contribution in [0.25, 0.3) is 0 Å². The molecule has 1 atom stereocenters. The molecule has 2 heterocycles. The summed E-state index contributed by atoms with van der Waals surface area (Å²) in [7, 11) is 0. The van der Waals surface area contributed by atoms with E-state index in [2.05, 4.69) is 21.8 Å². The summed E-state index contributed by atoms with van der Waals surface area (Å²) < 4.78 is 0. The third kappa shape index (κ3) is 1.78. The smallest absolute Gasteiger partial charge is 0.225 e. The molecule has 0 radical (unpaired) electrons. The van der Waals surface area contributed by atoms with Gasteiger partial charge in [-0.05, 0) is 26.2 Å². The van der Waals surface area contributed by atoms with Crippen molar-refractivity contribution < 1.29 is 5.11 Å². The highest BCUT2D eigenvalue weighted by atomic mass is 16.3. The number of nitrogens with zero attached hydrogens (tertiary/aromatic N) is 3. The molecule has 0 saturated carbocycles. The van der Waals surface area contributed by atoms with Crippen molar-refractivity contribution in [1.82, 2.24) is 9.97 Å². The molecule has 0 spiro atoms. The maximum atomic E-state index is 9.08. The summed E-state index contributed by atoms with van der Waals surface area (Å²) in [6, 6.07) is 0.508. The Kier molecular flexibility index (Phi) is 2.52. The second-order valence-electron chi connectivity index (χ2n) is 3.78. The van der Waals surface area contributed by atoms with Crippen molar-refractivity contribution in [2.24, 2.45) is 0 Å². The Morgan fingerprint density at radius 3 is 2.71 bits per heavy atom. The molecule has 2 rings (SSSR count). The first kappa shape index (κ1) is 9.24. The van der Waals surface area contributed by atoms with E-state index in [0.717, 1.165) is 12.5 Å². The zero-order valence-corrected chi connectivity index (χ0v) is 8.35. The molecule has 0 aromatic carbocycles. The van der Waals surface area contributed by atoms with Crippen molar-refractivity contribution in [3.05, 3.63) is 12.4 Å². The van der Waals surface area contributed by atoms with Crippen LogP contribution in [-0.4, -0.2) is 27.7 Å². The van der Waals surface area contributed by atoms with Crippen molar-refractivity contribution in [2.75, 3.05) is 11.4 Å². The Morgan fingerprint density at radius 2 is 2.07 bits per heavy atom. The van der Waals surface area contributed by atoms with Crippen molar-refractivity contribution >= 4 is 5.95 Å². The zero-order chi connectivity index (χ0) is 9.97. The molecule has 0 bridgehead atoms. The molecule has 4 heteroatoms. The summed E-state index contributed by atoms with van der Waals surface area (Å²) in [5.74, 6) is 0.855. The van der Waals surface area contributed by atoms with E-state index in [0.29, 0.717) is 6.04 Å². The Morgan fingerprint density at radius 1 is 1.36 bits per heavy atom. The molecule has 1 N–H and O–H groups in total. The molecule has 0 unspecified atom stereocenters. The molecule has 0 amide bonds. The van der Waals surface area contributed by atoms with Gasteiger partial charge >= 0.3 is 0 Å². The average molecular weight is 193 g/mol. The van der Waals surface area contributed by atoms with Crippen molar-refractivity contribution in [2.45, 2.75) is 32.2 Å². The molecule has 4 nitrogen and oxygen atoms in total. The maximum Gasteiger partial charge on any atom is 0.225 e. The second kappa shape index (κ2) is 3.82. The highest BCUT2D eigenvalue weighted by molar-refractivity contribution is 5.32. The second-order valence-corrected chi connectivity index (χ2v) is 3.78. The lowest BCUT2D eigenvalue weighted by atomic mass is 10.0. The third-order valence-corrected chi connectivity index (χ3v) is 2.68. The highest BCUT2D eigenvalue weighted by Gasteiger charge is 2.20. The first-order valence-corrected chi connectivity index (χ1v) is 5.05. The van der Waals surface area contributed by atoms with Gasteiger partial charge < -0.3 is 10.0 Å². The van der Waals surface area contributed by atoms with E-state index in [1.54, 1.807) is 0 Å². The fourth-order valence-corrected chi connectivity index (χ4v) is 1.86. The van der Waals surface area contributed by atoms with Gasteiger partial charge in [-0.25, -0.2) is 9.97 Å². The first-order chi connectivity index (χ1) is 6.77. The number of aromatic nitrogens is 2. The van der Waals surface area contributed by atoms with E-state index in [1.807, 2.05) is 0 Å². The van der Waals surface area contributed by atoms with E-state index in [-0.39, 0.29) is 5.75 Å². The first-order valence-electron chi connectivity index (χ1n) is 5.05. The fourth-order valence-electron chi connectivity index (χ4n) is 1.86. The Balaban J connectivity index is 2.16. The van der Waals surface area contributed by atoms with Gasteiger partial charge in [0.2, 0.25) is 5.95 Å². The molecule has 1 aliphatic rings. The predicted octanol–water partition coefficient (Wildman–Crippen LogP) is 1.56. The largest absolute Gasteiger partial charge is 0.505 e. The monoisotopic (exact) mass is 193 g/mol. The van der Waals surface area contributed by atoms with Crippen LogP contribution in [0.3, 0.4) is 0 Å². The number of rotatable bonds is 1. The summed E-state index contributed by atoms with van der Waals surface area (Å²) in [5.41, 5.74) is 0. The maximum absolute atomic E-state index is 9.08. The molecular weight excluding hydrogens is 178 g/mol. The Bertz CT molecular complexity index is 299. The standard InChI is InChI=1S/C10H15N3O/c1-8-4-2-3-5-13(8)10-11-6-9(14)7-12-10/h6-8,14H,2-5H2,1H3/t8-/m0/s1. The van der Waals surface area contributed by atoms with Crippen molar-refractivity contribution in [3.63, 3.8) is 0 Å². The quantitative estimate of drug-likeness (QED) is 0.735. The summed E-state index contributed by atoms with van der Waals surface area (Å²) in [6.07, 6.45) is 6.59. The molecule has 1 saturated heterocycles.